The van der Waals surface area contributed by atoms with Gasteiger partial charge in [0.1, 0.15) is 4.88 Å². The molecule has 0 radical (unpaired) electrons. The number of nitrogens with zero attached hydrogens (tertiary/aromatic N) is 3. The number of aromatic nitrogens is 3. The second kappa shape index (κ2) is 9.77. The Balaban J connectivity index is 0.00000242. The monoisotopic (exact) mass is 377 g/mol. The Kier molecular flexibility index (Phi) is 9.23. The van der Waals surface area contributed by atoms with Gasteiger partial charge < -0.3 is 11.1 Å². The fourth-order valence-electron chi connectivity index (χ4n) is 1.74. The third-order valence-corrected chi connectivity index (χ3v) is 4.49. The normalized spacial score (nSPS) is 10.4. The molecule has 0 aliphatic rings. The second-order valence-corrected chi connectivity index (χ2v) is 5.88. The maximum absolute atomic E-state index is 12.1. The molecular weight excluding hydrogens is 357 g/mol. The van der Waals surface area contributed by atoms with Gasteiger partial charge in [-0.1, -0.05) is 13.8 Å². The first-order valence-corrected chi connectivity index (χ1v) is 7.70. The maximum atomic E-state index is 12.1. The third-order valence-electron chi connectivity index (χ3n) is 3.50. The van der Waals surface area contributed by atoms with Gasteiger partial charge in [0, 0.05) is 24.5 Å². The van der Waals surface area contributed by atoms with Crippen molar-refractivity contribution in [2.24, 2.45) is 5.73 Å². The van der Waals surface area contributed by atoms with Crippen molar-refractivity contribution < 1.29 is 4.79 Å². The van der Waals surface area contributed by atoms with Crippen molar-refractivity contribution in [2.45, 2.75) is 32.2 Å². The molecule has 128 valence electrons. The number of hydrogen-bond acceptors (Lipinski definition) is 6. The van der Waals surface area contributed by atoms with E-state index in [1.165, 1.54) is 11.3 Å². The molecule has 0 spiro atoms. The lowest BCUT2D eigenvalue weighted by molar-refractivity contribution is 0.0946. The number of nitrogens with two attached hydrogens (primary N) is 1. The summed E-state index contributed by atoms with van der Waals surface area (Å²) >= 11 is 1.27. The average molecular weight is 378 g/mol. The van der Waals surface area contributed by atoms with E-state index in [-0.39, 0.29) is 36.3 Å². The van der Waals surface area contributed by atoms with Crippen LogP contribution in [0.1, 0.15) is 36.4 Å². The first-order valence-electron chi connectivity index (χ1n) is 6.88. The molecule has 2 heterocycles. The summed E-state index contributed by atoms with van der Waals surface area (Å²) in [6, 6.07) is 1.74. The summed E-state index contributed by atoms with van der Waals surface area (Å²) in [6.45, 7) is 4.49. The Morgan fingerprint density at radius 3 is 2.39 bits per heavy atom. The maximum Gasteiger partial charge on any atom is 0.263 e. The van der Waals surface area contributed by atoms with Gasteiger partial charge in [0.15, 0.2) is 10.8 Å². The lowest BCUT2D eigenvalue weighted by Gasteiger charge is -2.26. The Labute approximate surface area is 152 Å². The molecular formula is C14H21Cl2N5OS. The number of rotatable bonds is 6. The lowest BCUT2D eigenvalue weighted by Crippen LogP contribution is -2.49. The van der Waals surface area contributed by atoms with Crippen LogP contribution in [0.3, 0.4) is 0 Å². The third kappa shape index (κ3) is 5.69. The quantitative estimate of drug-likeness (QED) is 0.806. The van der Waals surface area contributed by atoms with Gasteiger partial charge in [0.25, 0.3) is 5.91 Å². The number of amides is 1. The molecule has 3 N–H and O–H groups in total. The molecule has 0 aliphatic heterocycles. The molecule has 2 aromatic rings. The molecule has 2 aromatic heterocycles. The molecule has 0 saturated heterocycles. The molecule has 0 aromatic carbocycles. The van der Waals surface area contributed by atoms with Crippen molar-refractivity contribution in [3.05, 3.63) is 29.5 Å². The van der Waals surface area contributed by atoms with Gasteiger partial charge in [-0.25, -0.2) is 15.0 Å². The van der Waals surface area contributed by atoms with E-state index in [4.69, 9.17) is 5.73 Å². The summed E-state index contributed by atoms with van der Waals surface area (Å²) in [7, 11) is 0. The van der Waals surface area contributed by atoms with Crippen molar-refractivity contribution in [3.63, 3.8) is 0 Å². The van der Waals surface area contributed by atoms with E-state index in [1.807, 2.05) is 13.8 Å². The Morgan fingerprint density at radius 1 is 1.22 bits per heavy atom. The van der Waals surface area contributed by atoms with Crippen LogP contribution in [0.25, 0.3) is 10.8 Å². The molecule has 0 fully saturated rings. The van der Waals surface area contributed by atoms with E-state index < -0.39 is 0 Å². The van der Waals surface area contributed by atoms with Crippen LogP contribution in [-0.2, 0) is 0 Å². The summed E-state index contributed by atoms with van der Waals surface area (Å²) in [4.78, 5) is 25.1. The van der Waals surface area contributed by atoms with Gasteiger partial charge in [0.2, 0.25) is 0 Å². The van der Waals surface area contributed by atoms with Crippen molar-refractivity contribution >= 4 is 42.1 Å². The van der Waals surface area contributed by atoms with Crippen LogP contribution >= 0.6 is 36.2 Å². The highest BCUT2D eigenvalue weighted by Crippen LogP contribution is 2.21. The lowest BCUT2D eigenvalue weighted by atomic mass is 9.94. The molecule has 23 heavy (non-hydrogen) atoms. The van der Waals surface area contributed by atoms with Crippen LogP contribution in [0.15, 0.2) is 24.7 Å². The molecule has 2 rings (SSSR count). The number of hydrogen-bond donors (Lipinski definition) is 2. The van der Waals surface area contributed by atoms with E-state index >= 15 is 0 Å². The van der Waals surface area contributed by atoms with Gasteiger partial charge in [-0.05, 0) is 18.9 Å². The molecule has 6 nitrogen and oxygen atoms in total. The number of carbonyl (C=O) groups is 1. The number of thiazole rings is 1. The zero-order chi connectivity index (χ0) is 15.3. The highest BCUT2D eigenvalue weighted by molar-refractivity contribution is 7.16. The summed E-state index contributed by atoms with van der Waals surface area (Å²) in [5, 5.41) is 3.50. The minimum absolute atomic E-state index is 0. The standard InChI is InChI=1S/C14H19N5OS.2ClH/c1-3-14(15,4-2)9-19-12(20)10-8-18-13(21-10)11-16-6-5-7-17-11;;/h5-8H,3-4,9,15H2,1-2H3,(H,19,20);2*1H. The van der Waals surface area contributed by atoms with Crippen LogP contribution in [0, 0.1) is 0 Å². The van der Waals surface area contributed by atoms with E-state index in [9.17, 15) is 4.79 Å². The van der Waals surface area contributed by atoms with Crippen molar-refractivity contribution in [1.82, 2.24) is 20.3 Å². The van der Waals surface area contributed by atoms with Gasteiger partial charge in [-0.3, -0.25) is 4.79 Å². The zero-order valence-electron chi connectivity index (χ0n) is 13.0. The minimum Gasteiger partial charge on any atom is -0.349 e. The largest absolute Gasteiger partial charge is 0.349 e. The highest BCUT2D eigenvalue weighted by atomic mass is 35.5. The first kappa shape index (κ1) is 21.7. The minimum atomic E-state index is -0.355. The zero-order valence-corrected chi connectivity index (χ0v) is 15.4. The molecule has 0 saturated carbocycles. The predicted octanol–water partition coefficient (Wildman–Crippen LogP) is 2.69. The Morgan fingerprint density at radius 2 is 1.83 bits per heavy atom. The number of carbonyl (C=O) groups excluding carboxylic acids is 1. The van der Waals surface area contributed by atoms with E-state index in [0.29, 0.717) is 22.3 Å². The SMILES string of the molecule is CCC(N)(CC)CNC(=O)c1cnc(-c2ncccn2)s1.Cl.Cl. The molecule has 1 amide bonds. The van der Waals surface area contributed by atoms with E-state index in [2.05, 4.69) is 20.3 Å². The van der Waals surface area contributed by atoms with Gasteiger partial charge in [-0.2, -0.15) is 0 Å². The van der Waals surface area contributed by atoms with E-state index in [1.54, 1.807) is 24.7 Å². The molecule has 0 aliphatic carbocycles. The fraction of sp³-hybridized carbons (Fsp3) is 0.429. The van der Waals surface area contributed by atoms with E-state index in [0.717, 1.165) is 12.8 Å². The average Bonchev–Trinajstić information content (AvgIpc) is 3.03. The van der Waals surface area contributed by atoms with Gasteiger partial charge >= 0.3 is 0 Å². The fourth-order valence-corrected chi connectivity index (χ4v) is 2.52. The summed E-state index contributed by atoms with van der Waals surface area (Å²) in [6.07, 6.45) is 6.47. The van der Waals surface area contributed by atoms with Gasteiger partial charge in [-0.15, -0.1) is 36.2 Å². The van der Waals surface area contributed by atoms with Crippen LogP contribution in [0.4, 0.5) is 0 Å². The Hall–Kier alpha value is -1.28. The van der Waals surface area contributed by atoms with Gasteiger partial charge in [0.05, 0.1) is 6.20 Å². The van der Waals surface area contributed by atoms with Crippen molar-refractivity contribution in [2.75, 3.05) is 6.54 Å². The molecule has 0 bridgehead atoms. The number of halogens is 2. The van der Waals surface area contributed by atoms with Crippen molar-refractivity contribution in [3.8, 4) is 10.8 Å². The van der Waals surface area contributed by atoms with Crippen LogP contribution < -0.4 is 11.1 Å². The summed E-state index contributed by atoms with van der Waals surface area (Å²) in [5.74, 6) is 0.364. The molecule has 0 atom stereocenters. The molecule has 9 heteroatoms. The predicted molar refractivity (Wildman–Crippen MR) is 97.5 cm³/mol. The smallest absolute Gasteiger partial charge is 0.263 e. The Bertz CT molecular complexity index is 604. The van der Waals surface area contributed by atoms with Crippen LogP contribution in [0.5, 0.6) is 0 Å². The van der Waals surface area contributed by atoms with Crippen LogP contribution in [-0.4, -0.2) is 32.9 Å². The topological polar surface area (TPSA) is 93.8 Å². The second-order valence-electron chi connectivity index (χ2n) is 4.85. The molecule has 0 unspecified atom stereocenters. The summed E-state index contributed by atoms with van der Waals surface area (Å²) in [5.41, 5.74) is 5.82. The first-order chi connectivity index (χ1) is 10.1. The van der Waals surface area contributed by atoms with Crippen LogP contribution in [0.2, 0.25) is 0 Å². The van der Waals surface area contributed by atoms with Crippen molar-refractivity contribution in [1.29, 1.82) is 0 Å². The highest BCUT2D eigenvalue weighted by Gasteiger charge is 2.22. The number of nitrogens with one attached hydrogen (secondary N) is 1. The summed E-state index contributed by atoms with van der Waals surface area (Å²) < 4.78 is 0.